The highest BCUT2D eigenvalue weighted by Gasteiger charge is 2.27. The number of unbranched alkanes of at least 4 members (excludes halogenated alkanes) is 2. The zero-order valence-electron chi connectivity index (χ0n) is 40.2. The summed E-state index contributed by atoms with van der Waals surface area (Å²) in [6.45, 7) is 4.02. The third kappa shape index (κ3) is 47.4. The minimum Gasteiger partial charge on any atom is -0.462 e. The van der Waals surface area contributed by atoms with Crippen LogP contribution in [0.25, 0.3) is 0 Å². The summed E-state index contributed by atoms with van der Waals surface area (Å²) in [5, 5.41) is 0. The van der Waals surface area contributed by atoms with Gasteiger partial charge in [-0.1, -0.05) is 160 Å². The van der Waals surface area contributed by atoms with Crippen LogP contribution in [0.15, 0.2) is 146 Å². The van der Waals surface area contributed by atoms with Crippen molar-refractivity contribution >= 4 is 19.8 Å². The summed E-state index contributed by atoms with van der Waals surface area (Å²) < 4.78 is 34.2. The number of rotatable bonds is 40. The Morgan fingerprint density at radius 2 is 0.812 bits per heavy atom. The van der Waals surface area contributed by atoms with Crippen molar-refractivity contribution in [3.8, 4) is 0 Å². The number of carbonyl (C=O) groups excluding carboxylic acids is 2. The van der Waals surface area contributed by atoms with Crippen molar-refractivity contribution < 1.29 is 42.1 Å². The van der Waals surface area contributed by atoms with E-state index in [0.717, 1.165) is 83.5 Å². The van der Waals surface area contributed by atoms with Crippen LogP contribution in [0.2, 0.25) is 0 Å². The molecule has 0 fully saturated rings. The molecule has 0 amide bonds. The van der Waals surface area contributed by atoms with Crippen LogP contribution in [0.5, 0.6) is 0 Å². The van der Waals surface area contributed by atoms with Crippen LogP contribution < -0.4 is 0 Å². The molecule has 2 atom stereocenters. The third-order valence-corrected chi connectivity index (χ3v) is 9.85. The molecule has 0 aromatic carbocycles. The molecule has 0 aromatic rings. The molecule has 2 unspecified atom stereocenters. The average molecular weight is 907 g/mol. The first-order valence-electron chi connectivity index (χ1n) is 23.6. The number of phosphoric ester groups is 1. The second-order valence-electron chi connectivity index (χ2n) is 16.0. The quantitative estimate of drug-likeness (QED) is 0.0213. The van der Waals surface area contributed by atoms with Crippen molar-refractivity contribution in [2.24, 2.45) is 0 Å². The standard InChI is InChI=1S/C54H84NO8P/c1-6-8-10-12-14-16-18-20-22-24-25-26-27-28-29-31-33-35-37-39-41-43-45-47-54(57)63-52(51-62-64(58,59)61-49-48-55(3,4)5)50-60-53(56)46-44-42-40-38-36-34-32-30-23-21-19-17-15-13-11-9-7-2/h8-11,14-17,20-23,25-26,28-29,32-35,38-41,52H,6-7,12-13,18-19,24,27,30-31,36-37,42-51H2,1-5H3/p+1/b10-8-,11-9-,16-14-,17-15-,22-20-,23-21-,26-25-,29-28-,34-32-,35-33-,40-38-,41-39-. The van der Waals surface area contributed by atoms with E-state index in [2.05, 4.69) is 148 Å². The molecule has 0 rings (SSSR count). The minimum atomic E-state index is -4.42. The Kier molecular flexibility index (Phi) is 41.3. The highest BCUT2D eigenvalue weighted by Crippen LogP contribution is 2.43. The smallest absolute Gasteiger partial charge is 0.462 e. The lowest BCUT2D eigenvalue weighted by Gasteiger charge is -2.24. The van der Waals surface area contributed by atoms with Gasteiger partial charge in [0.05, 0.1) is 27.7 Å². The summed E-state index contributed by atoms with van der Waals surface area (Å²) >= 11 is 0. The second kappa shape index (κ2) is 44.1. The summed E-state index contributed by atoms with van der Waals surface area (Å²) in [7, 11) is 1.38. The van der Waals surface area contributed by atoms with Gasteiger partial charge in [0.15, 0.2) is 6.10 Å². The maximum Gasteiger partial charge on any atom is 0.472 e. The summed E-state index contributed by atoms with van der Waals surface area (Å²) in [5.41, 5.74) is 0. The normalized spacial score (nSPS) is 14.8. The monoisotopic (exact) mass is 907 g/mol. The molecule has 0 aliphatic carbocycles. The third-order valence-electron chi connectivity index (χ3n) is 8.86. The Morgan fingerprint density at radius 1 is 0.484 bits per heavy atom. The van der Waals surface area contributed by atoms with Crippen LogP contribution in [-0.4, -0.2) is 74.9 Å². The van der Waals surface area contributed by atoms with E-state index < -0.39 is 32.5 Å². The largest absolute Gasteiger partial charge is 0.472 e. The van der Waals surface area contributed by atoms with E-state index in [0.29, 0.717) is 30.3 Å². The van der Waals surface area contributed by atoms with Gasteiger partial charge in [0.25, 0.3) is 0 Å². The lowest BCUT2D eigenvalue weighted by Crippen LogP contribution is -2.37. The number of ether oxygens (including phenoxy) is 2. The van der Waals surface area contributed by atoms with Crippen LogP contribution in [0, 0.1) is 0 Å². The second-order valence-corrected chi connectivity index (χ2v) is 17.5. The molecule has 0 saturated carbocycles. The lowest BCUT2D eigenvalue weighted by molar-refractivity contribution is -0.870. The van der Waals surface area contributed by atoms with Crippen molar-refractivity contribution in [2.45, 2.75) is 136 Å². The molecule has 10 heteroatoms. The Morgan fingerprint density at radius 3 is 1.16 bits per heavy atom. The van der Waals surface area contributed by atoms with Crippen molar-refractivity contribution in [3.05, 3.63) is 146 Å². The van der Waals surface area contributed by atoms with E-state index in [1.54, 1.807) is 0 Å². The fraction of sp³-hybridized carbons (Fsp3) is 0.519. The number of nitrogens with zero attached hydrogens (tertiary/aromatic N) is 1. The van der Waals surface area contributed by atoms with E-state index >= 15 is 0 Å². The van der Waals surface area contributed by atoms with Gasteiger partial charge in [-0.2, -0.15) is 0 Å². The SMILES string of the molecule is CC/C=C\C/C=C\C/C=C\C/C=C\C/C=C\C/C=C\C/C=C\CCCC(=O)OC(COC(=O)CCC/C=C\C/C=C\C/C=C\C/C=C\C/C=C\CC)COP(=O)(O)OCC[N+](C)(C)C. The first-order chi connectivity index (χ1) is 31.0. The molecule has 0 aromatic heterocycles. The topological polar surface area (TPSA) is 108 Å². The Hall–Kier alpha value is -4.11. The molecule has 64 heavy (non-hydrogen) atoms. The van der Waals surface area contributed by atoms with Gasteiger partial charge in [-0.15, -0.1) is 0 Å². The molecule has 0 saturated heterocycles. The molecule has 0 aliphatic rings. The summed E-state index contributed by atoms with van der Waals surface area (Å²) in [6.07, 6.45) is 64.9. The van der Waals surface area contributed by atoms with Gasteiger partial charge in [-0.05, 0) is 103 Å². The maximum atomic E-state index is 12.7. The lowest BCUT2D eigenvalue weighted by atomic mass is 10.2. The van der Waals surface area contributed by atoms with Gasteiger partial charge in [0.1, 0.15) is 19.8 Å². The Balaban J connectivity index is 4.55. The van der Waals surface area contributed by atoms with Gasteiger partial charge < -0.3 is 18.9 Å². The molecule has 9 nitrogen and oxygen atoms in total. The Bertz CT molecular complexity index is 1590. The van der Waals surface area contributed by atoms with Crippen LogP contribution in [0.4, 0.5) is 0 Å². The molecule has 358 valence electrons. The predicted octanol–water partition coefficient (Wildman–Crippen LogP) is 14.0. The summed E-state index contributed by atoms with van der Waals surface area (Å²) in [5.74, 6) is -0.955. The predicted molar refractivity (Wildman–Crippen MR) is 270 cm³/mol. The molecule has 1 N–H and O–H groups in total. The molecule has 0 bridgehead atoms. The highest BCUT2D eigenvalue weighted by atomic mass is 31.2. The van der Waals surface area contributed by atoms with Crippen LogP contribution in [-0.2, 0) is 32.7 Å². The number of esters is 2. The van der Waals surface area contributed by atoms with E-state index in [4.69, 9.17) is 18.5 Å². The number of hydrogen-bond acceptors (Lipinski definition) is 7. The van der Waals surface area contributed by atoms with Gasteiger partial charge in [-0.25, -0.2) is 4.57 Å². The van der Waals surface area contributed by atoms with Crippen LogP contribution in [0.1, 0.15) is 129 Å². The number of likely N-dealkylation sites (N-methyl/N-ethyl adjacent to an activating group) is 1. The molecule has 0 radical (unpaired) electrons. The van der Waals surface area contributed by atoms with Crippen LogP contribution >= 0.6 is 7.82 Å². The van der Waals surface area contributed by atoms with Crippen molar-refractivity contribution in [1.82, 2.24) is 0 Å². The van der Waals surface area contributed by atoms with Crippen molar-refractivity contribution in [3.63, 3.8) is 0 Å². The van der Waals surface area contributed by atoms with Gasteiger partial charge in [0.2, 0.25) is 0 Å². The first-order valence-corrected chi connectivity index (χ1v) is 25.1. The molecular formula is C54H85NO8P+. The van der Waals surface area contributed by atoms with E-state index in [-0.39, 0.29) is 26.1 Å². The number of allylic oxidation sites excluding steroid dienone is 24. The Labute approximate surface area is 389 Å². The fourth-order valence-electron chi connectivity index (χ4n) is 5.27. The number of carbonyl (C=O) groups is 2. The van der Waals surface area contributed by atoms with E-state index in [1.807, 2.05) is 33.3 Å². The summed E-state index contributed by atoms with van der Waals surface area (Å²) in [4.78, 5) is 35.4. The maximum absolute atomic E-state index is 12.7. The highest BCUT2D eigenvalue weighted by molar-refractivity contribution is 7.47. The number of quaternary nitrogens is 1. The summed E-state index contributed by atoms with van der Waals surface area (Å²) in [6, 6.07) is 0. The molecule has 0 aliphatic heterocycles. The van der Waals surface area contributed by atoms with Crippen molar-refractivity contribution in [2.75, 3.05) is 47.5 Å². The van der Waals surface area contributed by atoms with E-state index in [9.17, 15) is 19.0 Å². The molecule has 0 heterocycles. The number of hydrogen-bond donors (Lipinski definition) is 1. The van der Waals surface area contributed by atoms with E-state index in [1.165, 1.54) is 0 Å². The zero-order valence-corrected chi connectivity index (χ0v) is 41.1. The van der Waals surface area contributed by atoms with Crippen LogP contribution in [0.3, 0.4) is 0 Å². The van der Waals surface area contributed by atoms with Gasteiger partial charge >= 0.3 is 19.8 Å². The molecule has 0 spiro atoms. The van der Waals surface area contributed by atoms with Gasteiger partial charge in [0, 0.05) is 12.8 Å². The first kappa shape index (κ1) is 59.9. The minimum absolute atomic E-state index is 0.00220. The number of phosphoric acid groups is 1. The molecular weight excluding hydrogens is 822 g/mol. The van der Waals surface area contributed by atoms with Gasteiger partial charge in [-0.3, -0.25) is 18.6 Å². The van der Waals surface area contributed by atoms with Crippen molar-refractivity contribution in [1.29, 1.82) is 0 Å². The zero-order chi connectivity index (χ0) is 47.1. The fourth-order valence-corrected chi connectivity index (χ4v) is 6.01. The average Bonchev–Trinajstić information content (AvgIpc) is 3.25.